The van der Waals surface area contributed by atoms with Gasteiger partial charge in [0.2, 0.25) is 0 Å². The molecule has 3 nitrogen and oxygen atoms in total. The van der Waals surface area contributed by atoms with Gasteiger partial charge in [-0.3, -0.25) is 9.78 Å². The zero-order valence-corrected chi connectivity index (χ0v) is 28.6. The molecule has 209 valence electrons. The van der Waals surface area contributed by atoms with Crippen molar-refractivity contribution in [3.63, 3.8) is 0 Å². The minimum absolute atomic E-state index is 0. The van der Waals surface area contributed by atoms with E-state index in [1.807, 2.05) is 59.5 Å². The molecule has 6 rings (SSSR count). The predicted octanol–water partition coefficient (Wildman–Crippen LogP) is 8.06. The van der Waals surface area contributed by atoms with Crippen LogP contribution in [-0.4, -0.2) is 23.9 Å². The summed E-state index contributed by atoms with van der Waals surface area (Å²) >= 11 is 1.87. The van der Waals surface area contributed by atoms with Gasteiger partial charge in [0.25, 0.3) is 0 Å². The largest absolute Gasteiger partial charge is 0.512 e. The fourth-order valence-electron chi connectivity index (χ4n) is 5.04. The van der Waals surface area contributed by atoms with Crippen LogP contribution < -0.4 is 10.4 Å². The maximum atomic E-state index is 11.5. The van der Waals surface area contributed by atoms with Crippen molar-refractivity contribution in [2.45, 2.75) is 64.4 Å². The predicted molar refractivity (Wildman–Crippen MR) is 167 cm³/mol. The fraction of sp³-hybridized carbons (Fsp3) is 0.294. The molecule has 3 heterocycles. The third kappa shape index (κ3) is 5.39. The molecule has 0 saturated carbocycles. The molecule has 4 aromatic rings. The fourth-order valence-corrected chi connectivity index (χ4v) is 9.31. The summed E-state index contributed by atoms with van der Waals surface area (Å²) in [7, 11) is -1.67. The summed E-state index contributed by atoms with van der Waals surface area (Å²) in [5.41, 5.74) is 4.30. The minimum Gasteiger partial charge on any atom is -0.512 e. The minimum atomic E-state index is -1.67. The second-order valence-corrected chi connectivity index (χ2v) is 18.4. The quantitative estimate of drug-likeness (QED) is 0.0818. The molecule has 1 radical (unpaired) electrons. The molecule has 2 aliphatic heterocycles. The first-order valence-corrected chi connectivity index (χ1v) is 17.2. The van der Waals surface area contributed by atoms with Crippen LogP contribution in [0.15, 0.2) is 82.4 Å². The number of carbonyl (C=O) groups excluding carboxylic acids is 1. The van der Waals surface area contributed by atoms with E-state index >= 15 is 0 Å². The van der Waals surface area contributed by atoms with E-state index in [1.54, 1.807) is 5.19 Å². The number of nitrogens with zero attached hydrogens (tertiary/aromatic N) is 1. The number of rotatable bonds is 1. The van der Waals surface area contributed by atoms with Crippen molar-refractivity contribution in [1.82, 2.24) is 4.98 Å². The Kier molecular flexibility index (Phi) is 8.16. The first kappa shape index (κ1) is 30.5. The zero-order valence-electron chi connectivity index (χ0n) is 24.4. The van der Waals surface area contributed by atoms with Crippen molar-refractivity contribution in [2.24, 2.45) is 10.8 Å². The molecule has 0 fully saturated rings. The van der Waals surface area contributed by atoms with Gasteiger partial charge in [-0.05, 0) is 33.3 Å². The van der Waals surface area contributed by atoms with Crippen LogP contribution in [-0.2, 0) is 24.9 Å². The van der Waals surface area contributed by atoms with E-state index < -0.39 is 13.5 Å². The summed E-state index contributed by atoms with van der Waals surface area (Å²) in [4.78, 5) is 19.0. The molecule has 1 N–H and O–H groups in total. The summed E-state index contributed by atoms with van der Waals surface area (Å²) in [6, 6.07) is 23.6. The van der Waals surface area contributed by atoms with Crippen LogP contribution in [0.3, 0.4) is 0 Å². The van der Waals surface area contributed by atoms with Crippen LogP contribution in [0.4, 0.5) is 0 Å². The SMILES string of the molecule is CC(C)(C)C(=O)/C=C(\O)C(C)(C)C.C[Si]1(C)c2cccc3c2-c2c1ccnc2-c1[c-]c2ccccc2cc1S3.[Ir]. The Labute approximate surface area is 256 Å². The summed E-state index contributed by atoms with van der Waals surface area (Å²) in [6.07, 6.45) is 3.33. The average molecular weight is 743 g/mol. The maximum Gasteiger partial charge on any atom is 0.164 e. The molecule has 0 aliphatic carbocycles. The molecule has 0 saturated heterocycles. The van der Waals surface area contributed by atoms with Gasteiger partial charge in [-0.15, -0.1) is 35.3 Å². The van der Waals surface area contributed by atoms with E-state index in [-0.39, 0.29) is 37.1 Å². The normalized spacial score (nSPS) is 14.8. The molecule has 40 heavy (non-hydrogen) atoms. The Morgan fingerprint density at radius 3 is 2.25 bits per heavy atom. The van der Waals surface area contributed by atoms with Crippen LogP contribution in [0.1, 0.15) is 41.5 Å². The molecule has 0 unspecified atom stereocenters. The molecule has 3 aromatic carbocycles. The third-order valence-corrected chi connectivity index (χ3v) is 12.2. The number of fused-ring (bicyclic) bond motifs is 3. The number of allylic oxidation sites excluding steroid dienone is 2. The Hall–Kier alpha value is -2.50. The van der Waals surface area contributed by atoms with Crippen LogP contribution in [0, 0.1) is 16.9 Å². The second-order valence-electron chi connectivity index (χ2n) is 13.0. The van der Waals surface area contributed by atoms with E-state index in [2.05, 4.69) is 73.8 Å². The summed E-state index contributed by atoms with van der Waals surface area (Å²) in [5.74, 6) is 0.104. The molecule has 0 atom stereocenters. The van der Waals surface area contributed by atoms with Gasteiger partial charge in [-0.1, -0.05) is 101 Å². The molecule has 2 aliphatic rings. The summed E-state index contributed by atoms with van der Waals surface area (Å²) in [5, 5.41) is 15.0. The first-order valence-electron chi connectivity index (χ1n) is 13.4. The van der Waals surface area contributed by atoms with Crippen LogP contribution in [0.2, 0.25) is 13.1 Å². The monoisotopic (exact) mass is 743 g/mol. The van der Waals surface area contributed by atoms with Crippen LogP contribution in [0.5, 0.6) is 0 Å². The molecule has 6 heteroatoms. The van der Waals surface area contributed by atoms with Crippen LogP contribution >= 0.6 is 11.8 Å². The molecule has 0 spiro atoms. The topological polar surface area (TPSA) is 50.2 Å². The first-order chi connectivity index (χ1) is 18.2. The van der Waals surface area contributed by atoms with Gasteiger partial charge in [0.1, 0.15) is 13.8 Å². The van der Waals surface area contributed by atoms with Gasteiger partial charge in [-0.2, -0.15) is 0 Å². The van der Waals surface area contributed by atoms with E-state index in [9.17, 15) is 9.90 Å². The van der Waals surface area contributed by atoms with Gasteiger partial charge in [0, 0.05) is 53.8 Å². The van der Waals surface area contributed by atoms with Crippen molar-refractivity contribution < 1.29 is 30.0 Å². The molecular formula is C34H36IrNO2SSi-. The smallest absolute Gasteiger partial charge is 0.164 e. The van der Waals surface area contributed by atoms with E-state index in [4.69, 9.17) is 4.98 Å². The summed E-state index contributed by atoms with van der Waals surface area (Å²) in [6.45, 7) is 16.0. The number of aliphatic hydroxyl groups is 1. The van der Waals surface area contributed by atoms with Crippen molar-refractivity contribution >= 4 is 46.8 Å². The van der Waals surface area contributed by atoms with Crippen LogP contribution in [0.25, 0.3) is 33.2 Å². The standard InChI is InChI=1S/C23H16NSSi.C11H20O2.Ir/c1-26(2)19-9-5-8-17-21(19)22-20(26)10-11-24-23(22)16-12-14-6-3-4-7-15(14)13-18(16)25-17;1-10(2,3)8(12)7-9(13)11(4,5)6;/h3-11,13H,1-2H3;7,12H,1-6H3;/q-1;;/b;8-7-;. The molecule has 0 bridgehead atoms. The third-order valence-electron chi connectivity index (χ3n) is 7.56. The Bertz CT molecular complexity index is 1660. The number of hydrogen-bond acceptors (Lipinski definition) is 4. The van der Waals surface area contributed by atoms with Crippen molar-refractivity contribution in [2.75, 3.05) is 0 Å². The Balaban J connectivity index is 0.000000229. The van der Waals surface area contributed by atoms with Gasteiger partial charge in [-0.25, -0.2) is 0 Å². The number of aromatic nitrogens is 1. The molecular weight excluding hydrogens is 707 g/mol. The van der Waals surface area contributed by atoms with Gasteiger partial charge in [0.05, 0.1) is 0 Å². The van der Waals surface area contributed by atoms with Gasteiger partial charge < -0.3 is 5.11 Å². The number of benzene rings is 3. The van der Waals surface area contributed by atoms with E-state index in [0.717, 1.165) is 16.6 Å². The van der Waals surface area contributed by atoms with E-state index in [0.29, 0.717) is 0 Å². The zero-order chi connectivity index (χ0) is 28.3. The van der Waals surface area contributed by atoms with Crippen molar-refractivity contribution in [3.05, 3.63) is 78.7 Å². The number of aliphatic hydroxyl groups excluding tert-OH is 1. The molecule has 1 aromatic heterocycles. The maximum absolute atomic E-state index is 11.5. The number of carbonyl (C=O) groups is 1. The Morgan fingerprint density at radius 2 is 1.57 bits per heavy atom. The van der Waals surface area contributed by atoms with Crippen molar-refractivity contribution in [1.29, 1.82) is 0 Å². The van der Waals surface area contributed by atoms with E-state index in [1.165, 1.54) is 37.6 Å². The van der Waals surface area contributed by atoms with Gasteiger partial charge >= 0.3 is 0 Å². The average Bonchev–Trinajstić information content (AvgIpc) is 3.01. The molecule has 0 amide bonds. The number of ketones is 1. The number of pyridine rings is 1. The Morgan fingerprint density at radius 1 is 0.900 bits per heavy atom. The second kappa shape index (κ2) is 10.7. The summed E-state index contributed by atoms with van der Waals surface area (Å²) < 4.78 is 0. The van der Waals surface area contributed by atoms with Crippen molar-refractivity contribution in [3.8, 4) is 22.4 Å². The number of hydrogen-bond donors (Lipinski definition) is 1. The van der Waals surface area contributed by atoms with Gasteiger partial charge in [0.15, 0.2) is 5.78 Å².